The molecule has 1 N–H and O–H groups in total. The Kier molecular flexibility index (Phi) is 3.47. The number of rotatable bonds is 4. The number of fused-ring (bicyclic) bond motifs is 1. The third kappa shape index (κ3) is 2.80. The van der Waals surface area contributed by atoms with Crippen LogP contribution in [0, 0.1) is 0 Å². The topological polar surface area (TPSA) is 79.5 Å². The number of carbonyl (C=O) groups is 1. The highest BCUT2D eigenvalue weighted by molar-refractivity contribution is 5.87. The Morgan fingerprint density at radius 3 is 2.81 bits per heavy atom. The van der Waals surface area contributed by atoms with E-state index < -0.39 is 5.97 Å². The highest BCUT2D eigenvalue weighted by Crippen LogP contribution is 2.25. The molecule has 0 radical (unpaired) electrons. The monoisotopic (exact) mass is 287 g/mol. The molecule has 0 saturated heterocycles. The number of hydrogen-bond donors (Lipinski definition) is 1. The second-order valence-corrected chi connectivity index (χ2v) is 5.63. The summed E-state index contributed by atoms with van der Waals surface area (Å²) in [5.41, 5.74) is 2.54. The molecular weight excluding hydrogens is 270 g/mol. The van der Waals surface area contributed by atoms with Gasteiger partial charge in [-0.05, 0) is 23.3 Å². The minimum atomic E-state index is -0.894. The Morgan fingerprint density at radius 2 is 2.14 bits per heavy atom. The molecule has 0 saturated carbocycles. The van der Waals surface area contributed by atoms with Gasteiger partial charge in [0.25, 0.3) is 0 Å². The Labute approximate surface area is 122 Å². The molecule has 0 aliphatic carbocycles. The standard InChI is InChI=1S/C15H17N3O3/c1-9(2)14-16-13(21-17-14)8-18-6-11-4-3-10(15(19)20)5-12(11)7-18/h3-5,9H,6-8H2,1-2H3,(H,19,20). The van der Waals surface area contributed by atoms with Crippen molar-refractivity contribution in [1.82, 2.24) is 15.0 Å². The average molecular weight is 287 g/mol. The summed E-state index contributed by atoms with van der Waals surface area (Å²) in [5.74, 6) is 0.672. The van der Waals surface area contributed by atoms with Crippen molar-refractivity contribution in [2.75, 3.05) is 0 Å². The zero-order valence-corrected chi connectivity index (χ0v) is 12.0. The van der Waals surface area contributed by atoms with E-state index in [1.54, 1.807) is 12.1 Å². The second-order valence-electron chi connectivity index (χ2n) is 5.63. The number of hydrogen-bond acceptors (Lipinski definition) is 5. The molecule has 21 heavy (non-hydrogen) atoms. The molecule has 2 heterocycles. The molecule has 0 fully saturated rings. The van der Waals surface area contributed by atoms with Crippen molar-refractivity contribution in [2.24, 2.45) is 0 Å². The van der Waals surface area contributed by atoms with Crippen LogP contribution in [0.4, 0.5) is 0 Å². The van der Waals surface area contributed by atoms with Crippen LogP contribution in [0.5, 0.6) is 0 Å². The number of carboxylic acid groups (broad SMARTS) is 1. The SMILES string of the molecule is CC(C)c1noc(CN2Cc3ccc(C(=O)O)cc3C2)n1. The van der Waals surface area contributed by atoms with E-state index in [9.17, 15) is 4.79 Å². The molecule has 0 amide bonds. The summed E-state index contributed by atoms with van der Waals surface area (Å²) in [6.45, 7) is 6.10. The van der Waals surface area contributed by atoms with E-state index in [-0.39, 0.29) is 5.92 Å². The quantitative estimate of drug-likeness (QED) is 0.930. The van der Waals surface area contributed by atoms with Gasteiger partial charge in [0, 0.05) is 19.0 Å². The summed E-state index contributed by atoms with van der Waals surface area (Å²) < 4.78 is 5.25. The van der Waals surface area contributed by atoms with Gasteiger partial charge in [0.15, 0.2) is 5.82 Å². The molecule has 2 aromatic rings. The molecular formula is C15H17N3O3. The summed E-state index contributed by atoms with van der Waals surface area (Å²) in [7, 11) is 0. The predicted molar refractivity (Wildman–Crippen MR) is 74.7 cm³/mol. The first kappa shape index (κ1) is 13.8. The third-order valence-corrected chi connectivity index (χ3v) is 3.60. The highest BCUT2D eigenvalue weighted by atomic mass is 16.5. The zero-order chi connectivity index (χ0) is 15.0. The van der Waals surface area contributed by atoms with E-state index in [0.29, 0.717) is 24.5 Å². The lowest BCUT2D eigenvalue weighted by Crippen LogP contribution is -2.15. The van der Waals surface area contributed by atoms with Gasteiger partial charge in [-0.3, -0.25) is 4.90 Å². The maximum absolute atomic E-state index is 11.0. The number of benzene rings is 1. The third-order valence-electron chi connectivity index (χ3n) is 3.60. The fourth-order valence-corrected chi connectivity index (χ4v) is 2.47. The Bertz CT molecular complexity index is 679. The Balaban J connectivity index is 1.70. The van der Waals surface area contributed by atoms with Crippen LogP contribution in [-0.2, 0) is 19.6 Å². The number of aromatic nitrogens is 2. The number of carboxylic acids is 1. The average Bonchev–Trinajstić information content (AvgIpc) is 3.03. The molecule has 1 aromatic heterocycles. The van der Waals surface area contributed by atoms with Gasteiger partial charge < -0.3 is 9.63 Å². The minimum Gasteiger partial charge on any atom is -0.478 e. The van der Waals surface area contributed by atoms with Crippen LogP contribution in [-0.4, -0.2) is 26.1 Å². The van der Waals surface area contributed by atoms with Gasteiger partial charge in [0.1, 0.15) is 0 Å². The van der Waals surface area contributed by atoms with Crippen molar-refractivity contribution in [3.63, 3.8) is 0 Å². The van der Waals surface area contributed by atoms with Crippen LogP contribution in [0.15, 0.2) is 22.7 Å². The minimum absolute atomic E-state index is 0.247. The van der Waals surface area contributed by atoms with E-state index in [0.717, 1.165) is 23.5 Å². The van der Waals surface area contributed by atoms with Crippen molar-refractivity contribution in [3.8, 4) is 0 Å². The maximum Gasteiger partial charge on any atom is 0.335 e. The van der Waals surface area contributed by atoms with Gasteiger partial charge in [-0.15, -0.1) is 0 Å². The van der Waals surface area contributed by atoms with Gasteiger partial charge in [-0.1, -0.05) is 25.1 Å². The molecule has 110 valence electrons. The van der Waals surface area contributed by atoms with Crippen molar-refractivity contribution in [3.05, 3.63) is 46.6 Å². The lowest BCUT2D eigenvalue weighted by Gasteiger charge is -2.10. The van der Waals surface area contributed by atoms with Crippen molar-refractivity contribution in [2.45, 2.75) is 39.4 Å². The highest BCUT2D eigenvalue weighted by Gasteiger charge is 2.22. The van der Waals surface area contributed by atoms with E-state index in [4.69, 9.17) is 9.63 Å². The van der Waals surface area contributed by atoms with Crippen molar-refractivity contribution >= 4 is 5.97 Å². The first-order valence-electron chi connectivity index (χ1n) is 6.93. The van der Waals surface area contributed by atoms with Crippen molar-refractivity contribution in [1.29, 1.82) is 0 Å². The first-order valence-corrected chi connectivity index (χ1v) is 6.93. The molecule has 1 aliphatic heterocycles. The fraction of sp³-hybridized carbons (Fsp3) is 0.400. The largest absolute Gasteiger partial charge is 0.478 e. The lowest BCUT2D eigenvalue weighted by molar-refractivity contribution is 0.0696. The first-order chi connectivity index (χ1) is 10.0. The molecule has 0 bridgehead atoms. The molecule has 0 spiro atoms. The van der Waals surface area contributed by atoms with Crippen LogP contribution in [0.2, 0.25) is 0 Å². The molecule has 0 atom stereocenters. The number of nitrogens with zero attached hydrogens (tertiary/aromatic N) is 3. The molecule has 1 aromatic carbocycles. The van der Waals surface area contributed by atoms with Gasteiger partial charge in [0.05, 0.1) is 12.1 Å². The fourth-order valence-electron chi connectivity index (χ4n) is 2.47. The zero-order valence-electron chi connectivity index (χ0n) is 12.0. The second kappa shape index (κ2) is 5.29. The Hall–Kier alpha value is -2.21. The smallest absolute Gasteiger partial charge is 0.335 e. The van der Waals surface area contributed by atoms with Crippen LogP contribution in [0.1, 0.15) is 53.0 Å². The van der Waals surface area contributed by atoms with Crippen LogP contribution < -0.4 is 0 Å². The maximum atomic E-state index is 11.0. The summed E-state index contributed by atoms with van der Waals surface area (Å²) in [6.07, 6.45) is 0. The molecule has 3 rings (SSSR count). The van der Waals surface area contributed by atoms with Crippen LogP contribution >= 0.6 is 0 Å². The van der Waals surface area contributed by atoms with E-state index in [1.807, 2.05) is 19.9 Å². The predicted octanol–water partition coefficient (Wildman–Crippen LogP) is 2.41. The lowest BCUT2D eigenvalue weighted by atomic mass is 10.1. The van der Waals surface area contributed by atoms with Gasteiger partial charge in [-0.2, -0.15) is 4.98 Å². The number of aromatic carboxylic acids is 1. The summed E-state index contributed by atoms with van der Waals surface area (Å²) in [4.78, 5) is 17.5. The van der Waals surface area contributed by atoms with E-state index in [2.05, 4.69) is 15.0 Å². The van der Waals surface area contributed by atoms with Gasteiger partial charge in [-0.25, -0.2) is 4.79 Å². The molecule has 6 nitrogen and oxygen atoms in total. The molecule has 1 aliphatic rings. The van der Waals surface area contributed by atoms with Gasteiger partial charge >= 0.3 is 5.97 Å². The van der Waals surface area contributed by atoms with Crippen molar-refractivity contribution < 1.29 is 14.4 Å². The normalized spacial score (nSPS) is 14.6. The van der Waals surface area contributed by atoms with E-state index >= 15 is 0 Å². The van der Waals surface area contributed by atoms with E-state index in [1.165, 1.54) is 0 Å². The molecule has 0 unspecified atom stereocenters. The Morgan fingerprint density at radius 1 is 1.38 bits per heavy atom. The van der Waals surface area contributed by atoms with Gasteiger partial charge in [0.2, 0.25) is 5.89 Å². The summed E-state index contributed by atoms with van der Waals surface area (Å²) in [5, 5.41) is 13.0. The summed E-state index contributed by atoms with van der Waals surface area (Å²) >= 11 is 0. The summed E-state index contributed by atoms with van der Waals surface area (Å²) in [6, 6.07) is 5.27. The van der Waals surface area contributed by atoms with Crippen LogP contribution in [0.25, 0.3) is 0 Å². The molecule has 6 heteroatoms. The van der Waals surface area contributed by atoms with Crippen LogP contribution in [0.3, 0.4) is 0 Å².